The van der Waals surface area contributed by atoms with Crippen LogP contribution in [0.3, 0.4) is 0 Å². The molecule has 0 N–H and O–H groups in total. The van der Waals surface area contributed by atoms with E-state index >= 15 is 0 Å². The Labute approximate surface area is 128 Å². The minimum absolute atomic E-state index is 0.143. The molecule has 0 aliphatic carbocycles. The molecule has 0 bridgehead atoms. The zero-order chi connectivity index (χ0) is 15.2. The second-order valence-corrected chi connectivity index (χ2v) is 6.78. The third kappa shape index (κ3) is 4.64. The minimum Gasteiger partial charge on any atom is -0.375 e. The molecule has 1 fully saturated rings. The van der Waals surface area contributed by atoms with Gasteiger partial charge in [-0.05, 0) is 24.1 Å². The quantitative estimate of drug-likeness (QED) is 0.836. The molecule has 4 nitrogen and oxygen atoms in total. The van der Waals surface area contributed by atoms with Crippen LogP contribution < -0.4 is 0 Å². The maximum absolute atomic E-state index is 12.3. The first kappa shape index (κ1) is 16.2. The van der Waals surface area contributed by atoms with Crippen molar-refractivity contribution in [3.8, 4) is 0 Å². The SMILES string of the molecule is CCCC1CN(C(=O)Cc2ccc(S(C)=O)cc2)CCO1. The summed E-state index contributed by atoms with van der Waals surface area (Å²) < 4.78 is 17.0. The molecule has 0 saturated carbocycles. The van der Waals surface area contributed by atoms with Crippen LogP contribution in [0.4, 0.5) is 0 Å². The monoisotopic (exact) mass is 309 g/mol. The van der Waals surface area contributed by atoms with E-state index in [1.54, 1.807) is 6.26 Å². The largest absolute Gasteiger partial charge is 0.375 e. The molecule has 2 atom stereocenters. The van der Waals surface area contributed by atoms with Crippen LogP contribution in [-0.4, -0.2) is 47.1 Å². The van der Waals surface area contributed by atoms with E-state index in [-0.39, 0.29) is 12.0 Å². The topological polar surface area (TPSA) is 46.6 Å². The van der Waals surface area contributed by atoms with Gasteiger partial charge in [0.2, 0.25) is 5.91 Å². The number of rotatable bonds is 5. The Balaban J connectivity index is 1.92. The van der Waals surface area contributed by atoms with Crippen molar-refractivity contribution >= 4 is 16.7 Å². The van der Waals surface area contributed by atoms with Gasteiger partial charge in [-0.3, -0.25) is 9.00 Å². The Morgan fingerprint density at radius 2 is 2.10 bits per heavy atom. The lowest BCUT2D eigenvalue weighted by molar-refractivity contribution is -0.138. The van der Waals surface area contributed by atoms with Gasteiger partial charge in [0.1, 0.15) is 0 Å². The number of nitrogens with zero attached hydrogens (tertiary/aromatic N) is 1. The van der Waals surface area contributed by atoms with E-state index in [1.165, 1.54) is 0 Å². The first-order chi connectivity index (χ1) is 10.1. The molecule has 2 rings (SSSR count). The molecule has 1 saturated heterocycles. The molecular formula is C16H23NO3S. The average molecular weight is 309 g/mol. The molecule has 21 heavy (non-hydrogen) atoms. The van der Waals surface area contributed by atoms with Crippen molar-refractivity contribution in [3.05, 3.63) is 29.8 Å². The highest BCUT2D eigenvalue weighted by molar-refractivity contribution is 7.84. The van der Waals surface area contributed by atoms with Crippen molar-refractivity contribution in [1.82, 2.24) is 4.90 Å². The molecule has 0 spiro atoms. The predicted octanol–water partition coefficient (Wildman–Crippen LogP) is 1.99. The van der Waals surface area contributed by atoms with Gasteiger partial charge < -0.3 is 9.64 Å². The van der Waals surface area contributed by atoms with E-state index in [4.69, 9.17) is 4.74 Å². The van der Waals surface area contributed by atoms with Crippen molar-refractivity contribution in [2.24, 2.45) is 0 Å². The molecule has 1 aliphatic rings. The van der Waals surface area contributed by atoms with Crippen molar-refractivity contribution in [2.45, 2.75) is 37.2 Å². The zero-order valence-electron chi connectivity index (χ0n) is 12.7. The van der Waals surface area contributed by atoms with Crippen LogP contribution in [0.1, 0.15) is 25.3 Å². The molecule has 1 heterocycles. The van der Waals surface area contributed by atoms with E-state index in [1.807, 2.05) is 29.2 Å². The summed E-state index contributed by atoms with van der Waals surface area (Å²) in [5.41, 5.74) is 0.965. The fourth-order valence-corrected chi connectivity index (χ4v) is 3.05. The van der Waals surface area contributed by atoms with Gasteiger partial charge in [0, 0.05) is 35.0 Å². The number of carbonyl (C=O) groups is 1. The summed E-state index contributed by atoms with van der Waals surface area (Å²) in [6.07, 6.45) is 4.30. The van der Waals surface area contributed by atoms with Crippen molar-refractivity contribution < 1.29 is 13.7 Å². The van der Waals surface area contributed by atoms with Gasteiger partial charge in [-0.1, -0.05) is 25.5 Å². The van der Waals surface area contributed by atoms with Gasteiger partial charge in [-0.15, -0.1) is 0 Å². The molecule has 0 aromatic heterocycles. The van der Waals surface area contributed by atoms with Crippen LogP contribution in [0.5, 0.6) is 0 Å². The van der Waals surface area contributed by atoms with Crippen LogP contribution in [0.2, 0.25) is 0 Å². The molecule has 1 aromatic carbocycles. The van der Waals surface area contributed by atoms with Gasteiger partial charge in [-0.25, -0.2) is 0 Å². The Kier molecular flexibility index (Phi) is 5.94. The average Bonchev–Trinajstić information content (AvgIpc) is 2.48. The Bertz CT molecular complexity index is 499. The first-order valence-corrected chi connectivity index (χ1v) is 8.97. The number of morpholine rings is 1. The van der Waals surface area contributed by atoms with E-state index in [0.717, 1.165) is 23.3 Å². The normalized spacial score (nSPS) is 20.3. The summed E-state index contributed by atoms with van der Waals surface area (Å²) in [6, 6.07) is 7.44. The maximum Gasteiger partial charge on any atom is 0.227 e. The summed E-state index contributed by atoms with van der Waals surface area (Å²) in [6.45, 7) is 4.13. The summed E-state index contributed by atoms with van der Waals surface area (Å²) >= 11 is 0. The predicted molar refractivity (Wildman–Crippen MR) is 83.7 cm³/mol. The highest BCUT2D eigenvalue weighted by atomic mass is 32.2. The van der Waals surface area contributed by atoms with Gasteiger partial charge in [0.15, 0.2) is 0 Å². The third-order valence-corrected chi connectivity index (χ3v) is 4.65. The molecular weight excluding hydrogens is 286 g/mol. The summed E-state index contributed by atoms with van der Waals surface area (Å²) in [5, 5.41) is 0. The third-order valence-electron chi connectivity index (χ3n) is 3.71. The molecule has 2 unspecified atom stereocenters. The summed E-state index contributed by atoms with van der Waals surface area (Å²) in [7, 11) is -0.973. The molecule has 116 valence electrons. The van der Waals surface area contributed by atoms with Crippen LogP contribution in [-0.2, 0) is 26.8 Å². The maximum atomic E-state index is 12.3. The van der Waals surface area contributed by atoms with Crippen LogP contribution in [0.15, 0.2) is 29.2 Å². The smallest absolute Gasteiger partial charge is 0.227 e. The number of carbonyl (C=O) groups excluding carboxylic acids is 1. The number of benzene rings is 1. The van der Waals surface area contributed by atoms with Crippen LogP contribution in [0.25, 0.3) is 0 Å². The second-order valence-electron chi connectivity index (χ2n) is 5.40. The van der Waals surface area contributed by atoms with E-state index in [2.05, 4.69) is 6.92 Å². The highest BCUT2D eigenvalue weighted by Gasteiger charge is 2.23. The highest BCUT2D eigenvalue weighted by Crippen LogP contribution is 2.13. The minimum atomic E-state index is -0.973. The lowest BCUT2D eigenvalue weighted by Gasteiger charge is -2.33. The number of ether oxygens (including phenoxy) is 1. The van der Waals surface area contributed by atoms with Crippen molar-refractivity contribution in [2.75, 3.05) is 26.0 Å². The molecule has 1 amide bonds. The fourth-order valence-electron chi connectivity index (χ4n) is 2.53. The molecule has 5 heteroatoms. The first-order valence-electron chi connectivity index (χ1n) is 7.42. The molecule has 0 radical (unpaired) electrons. The van der Waals surface area contributed by atoms with Crippen molar-refractivity contribution in [1.29, 1.82) is 0 Å². The second kappa shape index (κ2) is 7.71. The van der Waals surface area contributed by atoms with Crippen LogP contribution >= 0.6 is 0 Å². The van der Waals surface area contributed by atoms with Crippen molar-refractivity contribution in [3.63, 3.8) is 0 Å². The molecule has 1 aromatic rings. The van der Waals surface area contributed by atoms with Gasteiger partial charge in [0.25, 0.3) is 0 Å². The van der Waals surface area contributed by atoms with Gasteiger partial charge in [0.05, 0.1) is 19.1 Å². The Hall–Kier alpha value is -1.20. The summed E-state index contributed by atoms with van der Waals surface area (Å²) in [5.74, 6) is 0.143. The zero-order valence-corrected chi connectivity index (χ0v) is 13.5. The van der Waals surface area contributed by atoms with Gasteiger partial charge in [-0.2, -0.15) is 0 Å². The Morgan fingerprint density at radius 3 is 2.71 bits per heavy atom. The summed E-state index contributed by atoms with van der Waals surface area (Å²) in [4.78, 5) is 15.0. The number of hydrogen-bond acceptors (Lipinski definition) is 3. The standard InChI is InChI=1S/C16H23NO3S/c1-3-4-14-12-17(9-10-20-14)16(18)11-13-5-7-15(8-6-13)21(2)19/h5-8,14H,3-4,9-12H2,1-2H3. The van der Waals surface area contributed by atoms with E-state index in [0.29, 0.717) is 26.1 Å². The molecule has 1 aliphatic heterocycles. The lowest BCUT2D eigenvalue weighted by Crippen LogP contribution is -2.46. The number of amides is 1. The van der Waals surface area contributed by atoms with E-state index in [9.17, 15) is 9.00 Å². The van der Waals surface area contributed by atoms with Crippen LogP contribution in [0, 0.1) is 0 Å². The lowest BCUT2D eigenvalue weighted by atomic mass is 10.1. The fraction of sp³-hybridized carbons (Fsp3) is 0.562. The Morgan fingerprint density at radius 1 is 1.38 bits per heavy atom. The van der Waals surface area contributed by atoms with E-state index < -0.39 is 10.8 Å². The van der Waals surface area contributed by atoms with Gasteiger partial charge >= 0.3 is 0 Å². The number of hydrogen-bond donors (Lipinski definition) is 0.